The van der Waals surface area contributed by atoms with Crippen LogP contribution in [0, 0.1) is 0 Å². The molecule has 8 heteroatoms. The average molecular weight is 304 g/mol. The maximum Gasteiger partial charge on any atom is 0.329 e. The Morgan fingerprint density at radius 2 is 1.62 bits per heavy atom. The fraction of sp³-hybridized carbons (Fsp3) is 0.846. The molecule has 0 aromatic heterocycles. The topological polar surface area (TPSA) is 88.5 Å². The number of rotatable bonds is 10. The molecule has 0 bridgehead atoms. The first-order valence-corrected chi connectivity index (χ1v) is 7.00. The van der Waals surface area contributed by atoms with E-state index in [0.29, 0.717) is 26.4 Å². The van der Waals surface area contributed by atoms with E-state index < -0.39 is 5.97 Å². The number of esters is 1. The van der Waals surface area contributed by atoms with E-state index in [1.165, 1.54) is 7.11 Å². The molecule has 0 atom stereocenters. The molecule has 1 aliphatic heterocycles. The first-order chi connectivity index (χ1) is 10.1. The fourth-order valence-corrected chi connectivity index (χ4v) is 1.99. The highest BCUT2D eigenvalue weighted by Gasteiger charge is 2.18. The Morgan fingerprint density at radius 3 is 2.24 bits per heavy atom. The van der Waals surface area contributed by atoms with Gasteiger partial charge < -0.3 is 19.3 Å². The molecule has 0 aromatic rings. The van der Waals surface area contributed by atoms with Crippen LogP contribution < -0.4 is 0 Å². The van der Waals surface area contributed by atoms with Gasteiger partial charge >= 0.3 is 11.9 Å². The van der Waals surface area contributed by atoms with Crippen LogP contribution in [0.2, 0.25) is 0 Å². The molecule has 122 valence electrons. The Morgan fingerprint density at radius 1 is 1.00 bits per heavy atom. The molecular formula is C13H24N2O6. The monoisotopic (exact) mass is 304 g/mol. The van der Waals surface area contributed by atoms with Gasteiger partial charge in [0.1, 0.15) is 6.61 Å². The second-order valence-electron chi connectivity index (χ2n) is 4.75. The van der Waals surface area contributed by atoms with Crippen molar-refractivity contribution in [3.8, 4) is 0 Å². The summed E-state index contributed by atoms with van der Waals surface area (Å²) in [6.45, 7) is 5.65. The number of carboxylic acid groups (broad SMARTS) is 1. The summed E-state index contributed by atoms with van der Waals surface area (Å²) in [5.41, 5.74) is 0. The Balaban J connectivity index is 1.96. The lowest BCUT2D eigenvalue weighted by atomic mass is 10.3. The number of hydrogen-bond acceptors (Lipinski definition) is 7. The lowest BCUT2D eigenvalue weighted by Gasteiger charge is -2.33. The molecule has 0 spiro atoms. The van der Waals surface area contributed by atoms with Crippen molar-refractivity contribution < 1.29 is 28.9 Å². The van der Waals surface area contributed by atoms with Crippen LogP contribution in [-0.2, 0) is 23.8 Å². The van der Waals surface area contributed by atoms with E-state index in [1.807, 2.05) is 0 Å². The van der Waals surface area contributed by atoms with E-state index >= 15 is 0 Å². The molecule has 0 radical (unpaired) electrons. The predicted octanol–water partition coefficient (Wildman–Crippen LogP) is -1.11. The standard InChI is InChI=1S/C13H24N2O6/c1-19-13(18)10-15-4-2-14(3-5-15)6-7-20-8-9-21-11-12(16)17/h2-11H2,1H3,(H,16,17). The Labute approximate surface area is 124 Å². The average Bonchev–Trinajstić information content (AvgIpc) is 2.47. The summed E-state index contributed by atoms with van der Waals surface area (Å²) < 4.78 is 14.9. The summed E-state index contributed by atoms with van der Waals surface area (Å²) in [5.74, 6) is -1.17. The molecule has 1 fully saturated rings. The van der Waals surface area contributed by atoms with Crippen molar-refractivity contribution in [1.29, 1.82) is 0 Å². The van der Waals surface area contributed by atoms with Crippen LogP contribution in [0.15, 0.2) is 0 Å². The van der Waals surface area contributed by atoms with Crippen LogP contribution in [0.1, 0.15) is 0 Å². The summed E-state index contributed by atoms with van der Waals surface area (Å²) >= 11 is 0. The number of ether oxygens (including phenoxy) is 3. The zero-order valence-corrected chi connectivity index (χ0v) is 12.5. The molecule has 0 saturated carbocycles. The van der Waals surface area contributed by atoms with Crippen molar-refractivity contribution in [2.45, 2.75) is 0 Å². The first kappa shape index (κ1) is 17.8. The van der Waals surface area contributed by atoms with Crippen LogP contribution in [0.5, 0.6) is 0 Å². The second-order valence-corrected chi connectivity index (χ2v) is 4.75. The molecular weight excluding hydrogens is 280 g/mol. The van der Waals surface area contributed by atoms with E-state index in [2.05, 4.69) is 14.5 Å². The van der Waals surface area contributed by atoms with E-state index in [4.69, 9.17) is 14.6 Å². The van der Waals surface area contributed by atoms with Crippen LogP contribution in [0.25, 0.3) is 0 Å². The van der Waals surface area contributed by atoms with E-state index in [9.17, 15) is 9.59 Å². The van der Waals surface area contributed by atoms with Gasteiger partial charge in [-0.1, -0.05) is 0 Å². The van der Waals surface area contributed by atoms with Crippen molar-refractivity contribution in [3.63, 3.8) is 0 Å². The third-order valence-electron chi connectivity index (χ3n) is 3.19. The third-order valence-corrected chi connectivity index (χ3v) is 3.19. The van der Waals surface area contributed by atoms with E-state index in [1.54, 1.807) is 0 Å². The van der Waals surface area contributed by atoms with Crippen molar-refractivity contribution in [2.24, 2.45) is 0 Å². The minimum Gasteiger partial charge on any atom is -0.480 e. The minimum atomic E-state index is -0.972. The molecule has 1 rings (SSSR count). The van der Waals surface area contributed by atoms with Gasteiger partial charge in [-0.2, -0.15) is 0 Å². The van der Waals surface area contributed by atoms with Crippen molar-refractivity contribution in [3.05, 3.63) is 0 Å². The van der Waals surface area contributed by atoms with Crippen molar-refractivity contribution in [1.82, 2.24) is 9.80 Å². The zero-order chi connectivity index (χ0) is 15.5. The number of carbonyl (C=O) groups is 2. The summed E-state index contributed by atoms with van der Waals surface area (Å²) in [6, 6.07) is 0. The minimum absolute atomic E-state index is 0.201. The number of aliphatic carboxylic acids is 1. The Kier molecular flexibility index (Phi) is 8.91. The fourth-order valence-electron chi connectivity index (χ4n) is 1.99. The predicted molar refractivity (Wildman–Crippen MR) is 74.2 cm³/mol. The lowest BCUT2D eigenvalue weighted by Crippen LogP contribution is -2.48. The number of piperazine rings is 1. The summed E-state index contributed by atoms with van der Waals surface area (Å²) in [4.78, 5) is 25.7. The molecule has 1 saturated heterocycles. The highest BCUT2D eigenvalue weighted by molar-refractivity contribution is 5.71. The van der Waals surface area contributed by atoms with Gasteiger partial charge in [0, 0.05) is 32.7 Å². The molecule has 0 aromatic carbocycles. The third kappa shape index (κ3) is 8.61. The highest BCUT2D eigenvalue weighted by atomic mass is 16.5. The second kappa shape index (κ2) is 10.5. The van der Waals surface area contributed by atoms with Crippen LogP contribution in [-0.4, -0.2) is 99.7 Å². The van der Waals surface area contributed by atoms with Gasteiger partial charge in [-0.3, -0.25) is 14.6 Å². The highest BCUT2D eigenvalue weighted by Crippen LogP contribution is 2.01. The molecule has 0 unspecified atom stereocenters. The molecule has 21 heavy (non-hydrogen) atoms. The van der Waals surface area contributed by atoms with Gasteiger partial charge in [-0.15, -0.1) is 0 Å². The lowest BCUT2D eigenvalue weighted by molar-refractivity contribution is -0.143. The number of carboxylic acids is 1. The first-order valence-electron chi connectivity index (χ1n) is 7.00. The molecule has 8 nitrogen and oxygen atoms in total. The van der Waals surface area contributed by atoms with Gasteiger partial charge in [0.15, 0.2) is 0 Å². The van der Waals surface area contributed by atoms with Gasteiger partial charge in [0.25, 0.3) is 0 Å². The molecule has 0 aliphatic carbocycles. The normalized spacial score (nSPS) is 16.8. The maximum atomic E-state index is 11.2. The SMILES string of the molecule is COC(=O)CN1CCN(CCOCCOCC(=O)O)CC1. The molecule has 1 aliphatic rings. The summed E-state index contributed by atoms with van der Waals surface area (Å²) in [7, 11) is 1.40. The number of carbonyl (C=O) groups excluding carboxylic acids is 1. The van der Waals surface area contributed by atoms with Crippen LogP contribution in [0.4, 0.5) is 0 Å². The summed E-state index contributed by atoms with van der Waals surface area (Å²) in [6.07, 6.45) is 0. The largest absolute Gasteiger partial charge is 0.480 e. The van der Waals surface area contributed by atoms with Crippen LogP contribution in [0.3, 0.4) is 0 Å². The van der Waals surface area contributed by atoms with Gasteiger partial charge in [-0.25, -0.2) is 4.79 Å². The van der Waals surface area contributed by atoms with Gasteiger partial charge in [-0.05, 0) is 0 Å². The van der Waals surface area contributed by atoms with Gasteiger partial charge in [0.05, 0.1) is 33.5 Å². The summed E-state index contributed by atoms with van der Waals surface area (Å²) in [5, 5.41) is 8.37. The number of nitrogens with zero attached hydrogens (tertiary/aromatic N) is 2. The number of methoxy groups -OCH3 is 1. The molecule has 1 N–H and O–H groups in total. The Hall–Kier alpha value is -1.22. The smallest absolute Gasteiger partial charge is 0.329 e. The Bertz CT molecular complexity index is 318. The van der Waals surface area contributed by atoms with E-state index in [-0.39, 0.29) is 12.6 Å². The molecule has 0 amide bonds. The maximum absolute atomic E-state index is 11.2. The van der Waals surface area contributed by atoms with Crippen LogP contribution >= 0.6 is 0 Å². The van der Waals surface area contributed by atoms with E-state index in [0.717, 1.165) is 32.7 Å². The van der Waals surface area contributed by atoms with Gasteiger partial charge in [0.2, 0.25) is 0 Å². The quantitative estimate of drug-likeness (QED) is 0.402. The number of hydrogen-bond donors (Lipinski definition) is 1. The van der Waals surface area contributed by atoms with Crippen molar-refractivity contribution >= 4 is 11.9 Å². The van der Waals surface area contributed by atoms with Crippen molar-refractivity contribution in [2.75, 3.05) is 72.8 Å². The zero-order valence-electron chi connectivity index (χ0n) is 12.5. The molecule has 1 heterocycles.